The second-order valence-corrected chi connectivity index (χ2v) is 8.20. The fraction of sp³-hybridized carbons (Fsp3) is 0.476. The van der Waals surface area contributed by atoms with Gasteiger partial charge in [0.2, 0.25) is 0 Å². The van der Waals surface area contributed by atoms with Gasteiger partial charge in [-0.1, -0.05) is 44.2 Å². The van der Waals surface area contributed by atoms with Crippen molar-refractivity contribution in [2.24, 2.45) is 5.92 Å². The zero-order valence-electron chi connectivity index (χ0n) is 15.5. The molecular weight excluding hydrogens is 392 g/mol. The molecule has 140 valence electrons. The number of aromatic nitrogens is 1. The van der Waals surface area contributed by atoms with Gasteiger partial charge in [-0.05, 0) is 46.3 Å². The van der Waals surface area contributed by atoms with Gasteiger partial charge in [-0.25, -0.2) is 0 Å². The molecule has 0 radical (unpaired) electrons. The van der Waals surface area contributed by atoms with Crippen LogP contribution in [0.4, 0.5) is 0 Å². The van der Waals surface area contributed by atoms with E-state index < -0.39 is 0 Å². The third kappa shape index (κ3) is 4.77. The van der Waals surface area contributed by atoms with Crippen LogP contribution >= 0.6 is 15.9 Å². The summed E-state index contributed by atoms with van der Waals surface area (Å²) in [7, 11) is 0. The van der Waals surface area contributed by atoms with E-state index in [9.17, 15) is 4.79 Å². The van der Waals surface area contributed by atoms with Crippen molar-refractivity contribution in [1.29, 1.82) is 0 Å². The van der Waals surface area contributed by atoms with Crippen LogP contribution in [0.1, 0.15) is 38.3 Å². The Labute approximate surface area is 163 Å². The molecule has 5 heteroatoms. The van der Waals surface area contributed by atoms with Crippen molar-refractivity contribution in [3.05, 3.63) is 63.0 Å². The average Bonchev–Trinajstić information content (AvgIpc) is 2.64. The number of benzene rings is 1. The highest BCUT2D eigenvalue weighted by Crippen LogP contribution is 2.26. The number of nitrogens with zero attached hydrogens (tertiary/aromatic N) is 2. The standard InChI is InChI=1S/C21H27BrN2O2/c1-16(2)14-23-11-8-18(9-12-23)24-13-10-19(20(22)21(24)25)26-15-17-6-4-3-5-7-17/h3-7,10,13,16,18H,8-9,11-12,14-15H2,1-2H3. The average molecular weight is 419 g/mol. The molecule has 3 rings (SSSR count). The second kappa shape index (κ2) is 8.87. The van der Waals surface area contributed by atoms with E-state index in [2.05, 4.69) is 34.7 Å². The summed E-state index contributed by atoms with van der Waals surface area (Å²) < 4.78 is 8.22. The molecule has 1 aliphatic rings. The molecule has 0 N–H and O–H groups in total. The Hall–Kier alpha value is -1.59. The molecule has 2 heterocycles. The van der Waals surface area contributed by atoms with Gasteiger partial charge in [0.25, 0.3) is 5.56 Å². The quantitative estimate of drug-likeness (QED) is 0.693. The van der Waals surface area contributed by atoms with Crippen LogP contribution in [0.25, 0.3) is 0 Å². The summed E-state index contributed by atoms with van der Waals surface area (Å²) in [4.78, 5) is 15.3. The Morgan fingerprint density at radius 1 is 1.15 bits per heavy atom. The summed E-state index contributed by atoms with van der Waals surface area (Å²) in [6.07, 6.45) is 3.92. The lowest BCUT2D eigenvalue weighted by Crippen LogP contribution is -2.39. The maximum atomic E-state index is 12.8. The van der Waals surface area contributed by atoms with E-state index in [1.54, 1.807) is 0 Å². The predicted molar refractivity (Wildman–Crippen MR) is 109 cm³/mol. The van der Waals surface area contributed by atoms with Crippen LogP contribution in [-0.4, -0.2) is 29.1 Å². The van der Waals surface area contributed by atoms with Crippen molar-refractivity contribution in [2.45, 2.75) is 39.3 Å². The summed E-state index contributed by atoms with van der Waals surface area (Å²) in [6, 6.07) is 12.1. The van der Waals surface area contributed by atoms with Crippen LogP contribution in [-0.2, 0) is 6.61 Å². The molecule has 0 atom stereocenters. The first-order valence-corrected chi connectivity index (χ1v) is 10.1. The van der Waals surface area contributed by atoms with Crippen LogP contribution < -0.4 is 10.3 Å². The van der Waals surface area contributed by atoms with Crippen LogP contribution in [0, 0.1) is 5.92 Å². The summed E-state index contributed by atoms with van der Waals surface area (Å²) in [5.41, 5.74) is 1.08. The number of likely N-dealkylation sites (tertiary alicyclic amines) is 1. The molecule has 0 saturated carbocycles. The van der Waals surface area contributed by atoms with E-state index in [-0.39, 0.29) is 11.6 Å². The summed E-state index contributed by atoms with van der Waals surface area (Å²) in [5.74, 6) is 1.29. The van der Waals surface area contributed by atoms with Crippen LogP contribution in [0.3, 0.4) is 0 Å². The molecular formula is C21H27BrN2O2. The molecule has 0 spiro atoms. The first-order chi connectivity index (χ1) is 12.5. The Kier molecular flexibility index (Phi) is 6.54. The molecule has 0 unspecified atom stereocenters. The lowest BCUT2D eigenvalue weighted by Gasteiger charge is -2.33. The highest BCUT2D eigenvalue weighted by atomic mass is 79.9. The minimum atomic E-state index is -0.00197. The van der Waals surface area contributed by atoms with Gasteiger partial charge >= 0.3 is 0 Å². The van der Waals surface area contributed by atoms with Gasteiger partial charge < -0.3 is 14.2 Å². The third-order valence-corrected chi connectivity index (χ3v) is 5.57. The van der Waals surface area contributed by atoms with Gasteiger partial charge in [-0.2, -0.15) is 0 Å². The predicted octanol–water partition coefficient (Wildman–Crippen LogP) is 4.48. The SMILES string of the molecule is CC(C)CN1CCC(n2ccc(OCc3ccccc3)c(Br)c2=O)CC1. The Morgan fingerprint density at radius 2 is 1.85 bits per heavy atom. The normalized spacial score (nSPS) is 16.2. The van der Waals surface area contributed by atoms with E-state index >= 15 is 0 Å². The lowest BCUT2D eigenvalue weighted by molar-refractivity contribution is 0.168. The van der Waals surface area contributed by atoms with Gasteiger partial charge in [0.1, 0.15) is 16.8 Å². The zero-order valence-corrected chi connectivity index (χ0v) is 17.1. The molecule has 4 nitrogen and oxygen atoms in total. The van der Waals surface area contributed by atoms with Crippen molar-refractivity contribution < 1.29 is 4.74 Å². The van der Waals surface area contributed by atoms with Gasteiger partial charge in [0.05, 0.1) is 0 Å². The number of hydrogen-bond acceptors (Lipinski definition) is 3. The summed E-state index contributed by atoms with van der Waals surface area (Å²) in [6.45, 7) is 8.20. The van der Waals surface area contributed by atoms with Crippen molar-refractivity contribution in [3.8, 4) is 5.75 Å². The maximum Gasteiger partial charge on any atom is 0.268 e. The van der Waals surface area contributed by atoms with E-state index in [0.29, 0.717) is 22.7 Å². The molecule has 2 aromatic rings. The van der Waals surface area contributed by atoms with E-state index in [4.69, 9.17) is 4.74 Å². The maximum absolute atomic E-state index is 12.8. The molecule has 26 heavy (non-hydrogen) atoms. The molecule has 1 saturated heterocycles. The van der Waals surface area contributed by atoms with Crippen molar-refractivity contribution in [1.82, 2.24) is 9.47 Å². The van der Waals surface area contributed by atoms with Crippen LogP contribution in [0.2, 0.25) is 0 Å². The topological polar surface area (TPSA) is 34.5 Å². The highest BCUT2D eigenvalue weighted by molar-refractivity contribution is 9.10. The lowest BCUT2D eigenvalue weighted by atomic mass is 10.0. The van der Waals surface area contributed by atoms with Crippen LogP contribution in [0.5, 0.6) is 5.75 Å². The summed E-state index contributed by atoms with van der Waals surface area (Å²) >= 11 is 3.45. The van der Waals surface area contributed by atoms with Crippen LogP contribution in [0.15, 0.2) is 51.9 Å². The fourth-order valence-corrected chi connectivity index (χ4v) is 3.99. The number of piperidine rings is 1. The third-order valence-electron chi connectivity index (χ3n) is 4.84. The van der Waals surface area contributed by atoms with Crippen molar-refractivity contribution in [2.75, 3.05) is 19.6 Å². The number of halogens is 1. The minimum Gasteiger partial charge on any atom is -0.487 e. The van der Waals surface area contributed by atoms with Gasteiger partial charge in [-0.3, -0.25) is 4.79 Å². The smallest absolute Gasteiger partial charge is 0.268 e. The summed E-state index contributed by atoms with van der Waals surface area (Å²) in [5, 5.41) is 0. The molecule has 1 fully saturated rings. The molecule has 1 aromatic heterocycles. The van der Waals surface area contributed by atoms with E-state index in [1.165, 1.54) is 0 Å². The second-order valence-electron chi connectivity index (χ2n) is 7.41. The highest BCUT2D eigenvalue weighted by Gasteiger charge is 2.22. The number of hydrogen-bond donors (Lipinski definition) is 0. The van der Waals surface area contributed by atoms with Gasteiger partial charge in [0.15, 0.2) is 0 Å². The Morgan fingerprint density at radius 3 is 2.50 bits per heavy atom. The number of rotatable bonds is 6. The van der Waals surface area contributed by atoms with Gasteiger partial charge in [-0.15, -0.1) is 0 Å². The Bertz CT molecular complexity index is 765. The monoisotopic (exact) mass is 418 g/mol. The zero-order chi connectivity index (χ0) is 18.5. The minimum absolute atomic E-state index is 0.00197. The first kappa shape index (κ1) is 19.2. The van der Waals surface area contributed by atoms with E-state index in [1.807, 2.05) is 47.2 Å². The van der Waals surface area contributed by atoms with Crippen molar-refractivity contribution >= 4 is 15.9 Å². The fourth-order valence-electron chi connectivity index (χ4n) is 3.54. The molecule has 0 bridgehead atoms. The van der Waals surface area contributed by atoms with Gasteiger partial charge in [0, 0.05) is 31.9 Å². The number of ether oxygens (including phenoxy) is 1. The molecule has 1 aromatic carbocycles. The number of pyridine rings is 1. The van der Waals surface area contributed by atoms with Crippen molar-refractivity contribution in [3.63, 3.8) is 0 Å². The molecule has 0 aliphatic carbocycles. The molecule has 0 amide bonds. The largest absolute Gasteiger partial charge is 0.487 e. The molecule has 1 aliphatic heterocycles. The van der Waals surface area contributed by atoms with E-state index in [0.717, 1.165) is 38.0 Å². The Balaban J connectivity index is 1.65. The first-order valence-electron chi connectivity index (χ1n) is 9.34.